The number of thiazole rings is 1. The van der Waals surface area contributed by atoms with Crippen LogP contribution in [0.5, 0.6) is 0 Å². The van der Waals surface area contributed by atoms with Gasteiger partial charge in [0.25, 0.3) is 5.91 Å². The fraction of sp³-hybridized carbons (Fsp3) is 0.400. The second-order valence-electron chi connectivity index (χ2n) is 9.28. The number of carbonyl (C=O) groups excluding carboxylic acids is 1. The highest BCUT2D eigenvalue weighted by Crippen LogP contribution is 2.44. The van der Waals surface area contributed by atoms with Crippen LogP contribution in [0.4, 0.5) is 10.8 Å². The van der Waals surface area contributed by atoms with E-state index in [1.165, 1.54) is 0 Å². The van der Waals surface area contributed by atoms with Crippen LogP contribution in [0.25, 0.3) is 21.6 Å². The summed E-state index contributed by atoms with van der Waals surface area (Å²) in [5.74, 6) is 0.0616. The van der Waals surface area contributed by atoms with Crippen LogP contribution in [-0.2, 0) is 11.3 Å². The van der Waals surface area contributed by atoms with E-state index < -0.39 is 6.10 Å². The number of fused-ring (bicyclic) bond motifs is 1. The molecule has 1 aliphatic heterocycles. The van der Waals surface area contributed by atoms with Crippen LogP contribution in [0.1, 0.15) is 41.9 Å². The molecule has 0 radical (unpaired) electrons. The molecule has 36 heavy (non-hydrogen) atoms. The van der Waals surface area contributed by atoms with Crippen LogP contribution in [0.2, 0.25) is 0 Å². The SMILES string of the molecule is CC(O)Cn1cc(-c2cccc(C(=O)Nc3cc4sc(N5CCOCC5)nc4nc3C3CC3)n2)cn1. The van der Waals surface area contributed by atoms with Gasteiger partial charge < -0.3 is 20.1 Å². The normalized spacial score (nSPS) is 16.9. The molecule has 5 heterocycles. The number of amides is 1. The molecule has 1 amide bonds. The predicted molar refractivity (Wildman–Crippen MR) is 138 cm³/mol. The average Bonchev–Trinajstić information content (AvgIpc) is 3.48. The van der Waals surface area contributed by atoms with E-state index in [4.69, 9.17) is 14.7 Å². The van der Waals surface area contributed by atoms with E-state index in [0.717, 1.165) is 58.4 Å². The molecular weight excluding hydrogens is 478 g/mol. The molecule has 0 aromatic carbocycles. The number of anilines is 2. The van der Waals surface area contributed by atoms with E-state index in [-0.39, 0.29) is 5.91 Å². The molecule has 186 valence electrons. The van der Waals surface area contributed by atoms with E-state index in [2.05, 4.69) is 20.3 Å². The van der Waals surface area contributed by atoms with Gasteiger partial charge in [0.1, 0.15) is 5.69 Å². The van der Waals surface area contributed by atoms with Crippen molar-refractivity contribution in [2.75, 3.05) is 36.5 Å². The minimum Gasteiger partial charge on any atom is -0.391 e. The van der Waals surface area contributed by atoms with Crippen molar-refractivity contribution < 1.29 is 14.6 Å². The van der Waals surface area contributed by atoms with Gasteiger partial charge in [-0.15, -0.1) is 0 Å². The predicted octanol–water partition coefficient (Wildman–Crippen LogP) is 3.30. The molecule has 11 heteroatoms. The van der Waals surface area contributed by atoms with Gasteiger partial charge in [-0.2, -0.15) is 10.1 Å². The molecule has 1 saturated carbocycles. The highest BCUT2D eigenvalue weighted by molar-refractivity contribution is 7.22. The van der Waals surface area contributed by atoms with Crippen LogP contribution in [0.3, 0.4) is 0 Å². The Bertz CT molecular complexity index is 1410. The second kappa shape index (κ2) is 9.57. The molecule has 1 aliphatic carbocycles. The molecule has 0 spiro atoms. The van der Waals surface area contributed by atoms with E-state index in [1.54, 1.807) is 35.2 Å². The number of carbonyl (C=O) groups is 1. The van der Waals surface area contributed by atoms with Crippen molar-refractivity contribution in [1.29, 1.82) is 0 Å². The van der Waals surface area contributed by atoms with Crippen LogP contribution in [0.15, 0.2) is 36.7 Å². The van der Waals surface area contributed by atoms with Gasteiger partial charge in [-0.1, -0.05) is 17.4 Å². The lowest BCUT2D eigenvalue weighted by Crippen LogP contribution is -2.36. The number of morpholine rings is 1. The lowest BCUT2D eigenvalue weighted by Gasteiger charge is -2.25. The van der Waals surface area contributed by atoms with Gasteiger partial charge in [0, 0.05) is 30.8 Å². The molecule has 10 nitrogen and oxygen atoms in total. The zero-order valence-corrected chi connectivity index (χ0v) is 20.7. The molecule has 4 aromatic heterocycles. The van der Waals surface area contributed by atoms with Gasteiger partial charge in [0.05, 0.1) is 53.8 Å². The molecule has 2 N–H and O–H groups in total. The summed E-state index contributed by atoms with van der Waals surface area (Å²) < 4.78 is 8.08. The Kier molecular flexibility index (Phi) is 6.12. The number of hydrogen-bond donors (Lipinski definition) is 2. The minimum atomic E-state index is -0.502. The Morgan fingerprint density at radius 3 is 2.86 bits per heavy atom. The van der Waals surface area contributed by atoms with Crippen molar-refractivity contribution in [1.82, 2.24) is 24.7 Å². The number of aromatic nitrogens is 5. The Balaban J connectivity index is 1.26. The summed E-state index contributed by atoms with van der Waals surface area (Å²) in [6, 6.07) is 7.35. The van der Waals surface area contributed by atoms with Gasteiger partial charge in [-0.3, -0.25) is 9.48 Å². The number of ether oxygens (including phenoxy) is 1. The van der Waals surface area contributed by atoms with Crippen LogP contribution >= 0.6 is 11.3 Å². The number of aliphatic hydroxyl groups is 1. The molecule has 0 bridgehead atoms. The maximum Gasteiger partial charge on any atom is 0.274 e. The Morgan fingerprint density at radius 2 is 2.08 bits per heavy atom. The number of nitrogens with one attached hydrogen (secondary N) is 1. The smallest absolute Gasteiger partial charge is 0.274 e. The molecule has 2 fully saturated rings. The quantitative estimate of drug-likeness (QED) is 0.393. The molecular formula is C25H27N7O3S. The van der Waals surface area contributed by atoms with Gasteiger partial charge in [-0.05, 0) is 38.0 Å². The fourth-order valence-corrected chi connectivity index (χ4v) is 5.30. The van der Waals surface area contributed by atoms with Crippen molar-refractivity contribution in [2.24, 2.45) is 0 Å². The van der Waals surface area contributed by atoms with Gasteiger partial charge in [0.2, 0.25) is 0 Å². The topological polar surface area (TPSA) is 118 Å². The molecule has 1 unspecified atom stereocenters. The van der Waals surface area contributed by atoms with Crippen molar-refractivity contribution in [3.05, 3.63) is 48.0 Å². The van der Waals surface area contributed by atoms with Crippen LogP contribution < -0.4 is 10.2 Å². The second-order valence-corrected chi connectivity index (χ2v) is 10.3. The van der Waals surface area contributed by atoms with E-state index in [9.17, 15) is 9.90 Å². The average molecular weight is 506 g/mol. The third-order valence-electron chi connectivity index (χ3n) is 6.26. The Labute approximate surface area is 212 Å². The zero-order chi connectivity index (χ0) is 24.6. The van der Waals surface area contributed by atoms with Crippen LogP contribution in [0, 0.1) is 0 Å². The summed E-state index contributed by atoms with van der Waals surface area (Å²) in [5, 5.41) is 17.9. The van der Waals surface area contributed by atoms with Crippen LogP contribution in [-0.4, -0.2) is 68.2 Å². The number of aliphatic hydroxyl groups excluding tert-OH is 1. The summed E-state index contributed by atoms with van der Waals surface area (Å²) in [4.78, 5) is 29.7. The van der Waals surface area contributed by atoms with Crippen molar-refractivity contribution in [2.45, 2.75) is 38.3 Å². The third-order valence-corrected chi connectivity index (χ3v) is 7.31. The number of rotatable bonds is 7. The first kappa shape index (κ1) is 23.0. The van der Waals surface area contributed by atoms with E-state index in [0.29, 0.717) is 37.1 Å². The van der Waals surface area contributed by atoms with E-state index >= 15 is 0 Å². The molecule has 4 aromatic rings. The van der Waals surface area contributed by atoms with Crippen molar-refractivity contribution >= 4 is 38.4 Å². The molecule has 1 saturated heterocycles. The first-order chi connectivity index (χ1) is 17.5. The van der Waals surface area contributed by atoms with Gasteiger partial charge in [-0.25, -0.2) is 9.97 Å². The summed E-state index contributed by atoms with van der Waals surface area (Å²) in [7, 11) is 0. The number of pyridine rings is 2. The maximum absolute atomic E-state index is 13.2. The maximum atomic E-state index is 13.2. The van der Waals surface area contributed by atoms with Gasteiger partial charge >= 0.3 is 0 Å². The summed E-state index contributed by atoms with van der Waals surface area (Å²) in [6.45, 7) is 5.14. The Morgan fingerprint density at radius 1 is 1.25 bits per heavy atom. The molecule has 1 atom stereocenters. The monoisotopic (exact) mass is 505 g/mol. The van der Waals surface area contributed by atoms with Crippen molar-refractivity contribution in [3.63, 3.8) is 0 Å². The van der Waals surface area contributed by atoms with Gasteiger partial charge in [0.15, 0.2) is 10.8 Å². The molecule has 6 rings (SSSR count). The van der Waals surface area contributed by atoms with Crippen molar-refractivity contribution in [3.8, 4) is 11.3 Å². The summed E-state index contributed by atoms with van der Waals surface area (Å²) in [5.41, 5.74) is 4.10. The Hall–Kier alpha value is -3.41. The fourth-order valence-electron chi connectivity index (χ4n) is 4.30. The standard InChI is InChI=1S/C25H27N7O3S/c1-15(33)13-32-14-17(12-26-32)18-3-2-4-19(27-18)24(34)28-20-11-21-23(29-22(20)16-5-6-16)30-25(36-21)31-7-9-35-10-8-31/h2-4,11-12,14-16,33H,5-10,13H2,1H3,(H,28,34). The highest BCUT2D eigenvalue weighted by atomic mass is 32.1. The lowest BCUT2D eigenvalue weighted by atomic mass is 10.2. The summed E-state index contributed by atoms with van der Waals surface area (Å²) in [6.07, 6.45) is 5.12. The zero-order valence-electron chi connectivity index (χ0n) is 19.9. The highest BCUT2D eigenvalue weighted by Gasteiger charge is 2.30. The minimum absolute atomic E-state index is 0.283. The third kappa shape index (κ3) is 4.81. The van der Waals surface area contributed by atoms with E-state index in [1.807, 2.05) is 24.4 Å². The lowest BCUT2D eigenvalue weighted by molar-refractivity contribution is 0.102. The first-order valence-corrected chi connectivity index (χ1v) is 13.0. The summed E-state index contributed by atoms with van der Waals surface area (Å²) >= 11 is 1.59. The first-order valence-electron chi connectivity index (χ1n) is 12.2. The number of hydrogen-bond acceptors (Lipinski definition) is 9. The number of nitrogens with zero attached hydrogens (tertiary/aromatic N) is 6. The molecule has 2 aliphatic rings. The largest absolute Gasteiger partial charge is 0.391 e.